The first-order valence-corrected chi connectivity index (χ1v) is 6.94. The third kappa shape index (κ3) is 3.16. The van der Waals surface area contributed by atoms with E-state index in [4.69, 9.17) is 0 Å². The summed E-state index contributed by atoms with van der Waals surface area (Å²) in [4.78, 5) is 4.46. The molecule has 0 unspecified atom stereocenters. The second-order valence-corrected chi connectivity index (χ2v) is 5.05. The molecule has 0 amide bonds. The lowest BCUT2D eigenvalue weighted by Gasteiger charge is -2.00. The van der Waals surface area contributed by atoms with E-state index < -0.39 is 0 Å². The van der Waals surface area contributed by atoms with E-state index >= 15 is 0 Å². The van der Waals surface area contributed by atoms with Crippen molar-refractivity contribution in [3.63, 3.8) is 0 Å². The van der Waals surface area contributed by atoms with Crippen LogP contribution in [0, 0.1) is 12.7 Å². The van der Waals surface area contributed by atoms with Gasteiger partial charge in [0.05, 0.1) is 0 Å². The van der Waals surface area contributed by atoms with Crippen LogP contribution >= 0.6 is 0 Å². The number of nitrogens with zero attached hydrogens (tertiary/aromatic N) is 2. The van der Waals surface area contributed by atoms with Crippen molar-refractivity contribution in [2.45, 2.75) is 19.8 Å². The molecule has 0 aliphatic heterocycles. The van der Waals surface area contributed by atoms with E-state index in [-0.39, 0.29) is 5.82 Å². The number of aromatic amines is 1. The van der Waals surface area contributed by atoms with Gasteiger partial charge in [0.15, 0.2) is 5.82 Å². The number of hydrogen-bond donors (Lipinski definition) is 1. The highest BCUT2D eigenvalue weighted by Crippen LogP contribution is 2.20. The summed E-state index contributed by atoms with van der Waals surface area (Å²) in [6.45, 7) is 1.93. The first kappa shape index (κ1) is 13.5. The Morgan fingerprint density at radius 1 is 1.05 bits per heavy atom. The number of aromatic nitrogens is 3. The van der Waals surface area contributed by atoms with Gasteiger partial charge in [0.2, 0.25) is 0 Å². The SMILES string of the molecule is Cc1ccc(F)cc1-c1n[nH]c(CCc2ccccc2)n1. The number of halogens is 1. The third-order valence-corrected chi connectivity index (χ3v) is 3.47. The van der Waals surface area contributed by atoms with Crippen molar-refractivity contribution in [3.8, 4) is 11.4 Å². The first-order valence-electron chi connectivity index (χ1n) is 6.94. The molecule has 0 aliphatic rings. The zero-order valence-electron chi connectivity index (χ0n) is 11.8. The van der Waals surface area contributed by atoms with Gasteiger partial charge in [0.25, 0.3) is 0 Å². The summed E-state index contributed by atoms with van der Waals surface area (Å²) in [5.41, 5.74) is 2.96. The van der Waals surface area contributed by atoms with Gasteiger partial charge >= 0.3 is 0 Å². The van der Waals surface area contributed by atoms with Gasteiger partial charge in [-0.3, -0.25) is 5.10 Å². The highest BCUT2D eigenvalue weighted by Gasteiger charge is 2.09. The van der Waals surface area contributed by atoms with Crippen LogP contribution in [0.15, 0.2) is 48.5 Å². The van der Waals surface area contributed by atoms with Crippen LogP contribution in [0.5, 0.6) is 0 Å². The summed E-state index contributed by atoms with van der Waals surface area (Å²) in [6.07, 6.45) is 1.68. The highest BCUT2D eigenvalue weighted by molar-refractivity contribution is 5.59. The maximum absolute atomic E-state index is 13.3. The molecule has 0 radical (unpaired) electrons. The highest BCUT2D eigenvalue weighted by atomic mass is 19.1. The molecular weight excluding hydrogens is 265 g/mol. The maximum atomic E-state index is 13.3. The molecule has 1 aromatic heterocycles. The van der Waals surface area contributed by atoms with Crippen LogP contribution in [0.1, 0.15) is 17.0 Å². The van der Waals surface area contributed by atoms with Gasteiger partial charge in [-0.2, -0.15) is 5.10 Å². The molecule has 106 valence electrons. The molecule has 3 nitrogen and oxygen atoms in total. The minimum absolute atomic E-state index is 0.272. The Kier molecular flexibility index (Phi) is 3.77. The molecule has 21 heavy (non-hydrogen) atoms. The fourth-order valence-electron chi connectivity index (χ4n) is 2.27. The summed E-state index contributed by atoms with van der Waals surface area (Å²) in [6, 6.07) is 14.9. The molecule has 2 aromatic carbocycles. The Hall–Kier alpha value is -2.49. The van der Waals surface area contributed by atoms with Crippen LogP contribution in [0.25, 0.3) is 11.4 Å². The molecule has 1 heterocycles. The molecule has 0 saturated carbocycles. The van der Waals surface area contributed by atoms with Crippen LogP contribution in [-0.4, -0.2) is 15.2 Å². The van der Waals surface area contributed by atoms with E-state index in [1.807, 2.05) is 25.1 Å². The van der Waals surface area contributed by atoms with Crippen LogP contribution in [0.3, 0.4) is 0 Å². The molecule has 3 rings (SSSR count). The van der Waals surface area contributed by atoms with E-state index in [1.165, 1.54) is 17.7 Å². The van der Waals surface area contributed by atoms with E-state index in [0.717, 1.165) is 29.8 Å². The van der Waals surface area contributed by atoms with Gasteiger partial charge in [-0.1, -0.05) is 36.4 Å². The van der Waals surface area contributed by atoms with Crippen LogP contribution in [-0.2, 0) is 12.8 Å². The topological polar surface area (TPSA) is 41.6 Å². The lowest BCUT2D eigenvalue weighted by Crippen LogP contribution is -1.93. The lowest BCUT2D eigenvalue weighted by atomic mass is 10.1. The monoisotopic (exact) mass is 281 g/mol. The average Bonchev–Trinajstić information content (AvgIpc) is 2.97. The standard InChI is InChI=1S/C17H16FN3/c1-12-7-9-14(18)11-15(12)17-19-16(20-21-17)10-8-13-5-3-2-4-6-13/h2-7,9,11H,8,10H2,1H3,(H,19,20,21). The van der Waals surface area contributed by atoms with Crippen molar-refractivity contribution in [2.75, 3.05) is 0 Å². The van der Waals surface area contributed by atoms with E-state index in [0.29, 0.717) is 5.82 Å². The Labute approximate surface area is 122 Å². The van der Waals surface area contributed by atoms with Gasteiger partial charge in [-0.25, -0.2) is 9.37 Å². The number of H-pyrrole nitrogens is 1. The van der Waals surface area contributed by atoms with Crippen LogP contribution in [0.2, 0.25) is 0 Å². The quantitative estimate of drug-likeness (QED) is 0.792. The van der Waals surface area contributed by atoms with Gasteiger partial charge in [-0.05, 0) is 36.6 Å². The summed E-state index contributed by atoms with van der Waals surface area (Å²) in [5, 5.41) is 7.14. The minimum atomic E-state index is -0.272. The van der Waals surface area contributed by atoms with E-state index in [2.05, 4.69) is 27.3 Å². The van der Waals surface area contributed by atoms with Crippen molar-refractivity contribution in [2.24, 2.45) is 0 Å². The molecule has 0 saturated heterocycles. The van der Waals surface area contributed by atoms with Crippen LogP contribution in [0.4, 0.5) is 4.39 Å². The summed E-state index contributed by atoms with van der Waals surface area (Å²) >= 11 is 0. The molecule has 1 N–H and O–H groups in total. The smallest absolute Gasteiger partial charge is 0.181 e. The summed E-state index contributed by atoms with van der Waals surface area (Å²) < 4.78 is 13.3. The molecule has 0 bridgehead atoms. The zero-order chi connectivity index (χ0) is 14.7. The Balaban J connectivity index is 1.76. The van der Waals surface area contributed by atoms with E-state index in [9.17, 15) is 4.39 Å². The van der Waals surface area contributed by atoms with Crippen molar-refractivity contribution >= 4 is 0 Å². The van der Waals surface area contributed by atoms with Crippen molar-refractivity contribution in [1.82, 2.24) is 15.2 Å². The van der Waals surface area contributed by atoms with Crippen LogP contribution < -0.4 is 0 Å². The second-order valence-electron chi connectivity index (χ2n) is 5.05. The Morgan fingerprint density at radius 3 is 2.67 bits per heavy atom. The predicted octanol–water partition coefficient (Wildman–Crippen LogP) is 3.70. The summed E-state index contributed by atoms with van der Waals surface area (Å²) in [5.74, 6) is 1.10. The maximum Gasteiger partial charge on any atom is 0.181 e. The first-order chi connectivity index (χ1) is 10.2. The summed E-state index contributed by atoms with van der Waals surface area (Å²) in [7, 11) is 0. The van der Waals surface area contributed by atoms with Gasteiger partial charge in [0.1, 0.15) is 11.6 Å². The van der Waals surface area contributed by atoms with Crippen molar-refractivity contribution < 1.29 is 4.39 Å². The molecular formula is C17H16FN3. The molecule has 0 spiro atoms. The average molecular weight is 281 g/mol. The minimum Gasteiger partial charge on any atom is -0.263 e. The molecule has 0 aliphatic carbocycles. The number of nitrogens with one attached hydrogen (secondary N) is 1. The molecule has 0 atom stereocenters. The van der Waals surface area contributed by atoms with Gasteiger partial charge < -0.3 is 0 Å². The van der Waals surface area contributed by atoms with E-state index in [1.54, 1.807) is 6.07 Å². The van der Waals surface area contributed by atoms with Gasteiger partial charge in [0, 0.05) is 12.0 Å². The number of hydrogen-bond acceptors (Lipinski definition) is 2. The molecule has 3 aromatic rings. The number of aryl methyl sites for hydroxylation is 3. The largest absolute Gasteiger partial charge is 0.263 e. The zero-order valence-corrected chi connectivity index (χ0v) is 11.8. The van der Waals surface area contributed by atoms with Crippen molar-refractivity contribution in [1.29, 1.82) is 0 Å². The number of rotatable bonds is 4. The Bertz CT molecular complexity index is 735. The second kappa shape index (κ2) is 5.87. The lowest BCUT2D eigenvalue weighted by molar-refractivity contribution is 0.627. The molecule has 4 heteroatoms. The van der Waals surface area contributed by atoms with Gasteiger partial charge in [-0.15, -0.1) is 0 Å². The predicted molar refractivity (Wildman–Crippen MR) is 80.4 cm³/mol. The normalized spacial score (nSPS) is 10.8. The molecule has 0 fully saturated rings. The Morgan fingerprint density at radius 2 is 1.86 bits per heavy atom. The third-order valence-electron chi connectivity index (χ3n) is 3.47. The number of benzene rings is 2. The van der Waals surface area contributed by atoms with Crippen molar-refractivity contribution in [3.05, 3.63) is 71.3 Å². The fraction of sp³-hybridized carbons (Fsp3) is 0.176. The fourth-order valence-corrected chi connectivity index (χ4v) is 2.27.